The van der Waals surface area contributed by atoms with Gasteiger partial charge < -0.3 is 20.1 Å². The Kier molecular flexibility index (Phi) is 6.92. The smallest absolute Gasteiger partial charge is 0.0899 e. The van der Waals surface area contributed by atoms with Gasteiger partial charge in [-0.1, -0.05) is 12.8 Å². The van der Waals surface area contributed by atoms with Crippen molar-refractivity contribution in [1.82, 2.24) is 10.2 Å². The highest BCUT2D eigenvalue weighted by molar-refractivity contribution is 4.91. The number of aliphatic hydroxyl groups excluding tert-OH is 1. The Morgan fingerprint density at radius 3 is 2.40 bits per heavy atom. The van der Waals surface area contributed by atoms with Gasteiger partial charge in [-0.3, -0.25) is 0 Å². The van der Waals surface area contributed by atoms with E-state index in [0.29, 0.717) is 18.6 Å². The van der Waals surface area contributed by atoms with E-state index < -0.39 is 0 Å². The summed E-state index contributed by atoms with van der Waals surface area (Å²) in [6.45, 7) is 9.89. The third-order valence-corrected chi connectivity index (χ3v) is 4.14. The molecule has 1 rings (SSSR count). The van der Waals surface area contributed by atoms with Gasteiger partial charge in [-0.05, 0) is 46.1 Å². The largest absolute Gasteiger partial charge is 0.389 e. The van der Waals surface area contributed by atoms with E-state index in [1.807, 2.05) is 0 Å². The number of rotatable bonds is 8. The Labute approximate surface area is 124 Å². The zero-order valence-electron chi connectivity index (χ0n) is 14.0. The third kappa shape index (κ3) is 6.53. The summed E-state index contributed by atoms with van der Waals surface area (Å²) in [5.41, 5.74) is 0.540. The van der Waals surface area contributed by atoms with E-state index in [0.717, 1.165) is 13.1 Å². The molecule has 120 valence electrons. The average Bonchev–Trinajstić information content (AvgIpc) is 2.74. The maximum Gasteiger partial charge on any atom is 0.0899 e. The van der Waals surface area contributed by atoms with Crippen molar-refractivity contribution in [3.05, 3.63) is 0 Å². The molecule has 0 aliphatic heterocycles. The Morgan fingerprint density at radius 2 is 1.90 bits per heavy atom. The molecular formula is C16H34N2O2. The summed E-state index contributed by atoms with van der Waals surface area (Å²) in [4.78, 5) is 2.26. The Hall–Kier alpha value is -0.160. The molecule has 0 aromatic heterocycles. The van der Waals surface area contributed by atoms with Crippen molar-refractivity contribution in [2.75, 3.05) is 40.4 Å². The molecular weight excluding hydrogens is 252 g/mol. The quantitative estimate of drug-likeness (QED) is 0.715. The number of hydrogen-bond donors (Lipinski definition) is 2. The van der Waals surface area contributed by atoms with Gasteiger partial charge >= 0.3 is 0 Å². The molecule has 4 heteroatoms. The van der Waals surface area contributed by atoms with Gasteiger partial charge in [0, 0.05) is 32.3 Å². The molecule has 4 nitrogen and oxygen atoms in total. The molecule has 2 N–H and O–H groups in total. The maximum absolute atomic E-state index is 9.85. The monoisotopic (exact) mass is 286 g/mol. The molecule has 0 bridgehead atoms. The van der Waals surface area contributed by atoms with Crippen molar-refractivity contribution in [3.63, 3.8) is 0 Å². The minimum Gasteiger partial charge on any atom is -0.389 e. The van der Waals surface area contributed by atoms with Crippen LogP contribution in [0.1, 0.15) is 46.5 Å². The van der Waals surface area contributed by atoms with Crippen molar-refractivity contribution in [2.45, 2.75) is 58.1 Å². The zero-order chi connectivity index (χ0) is 15.2. The van der Waals surface area contributed by atoms with Crippen LogP contribution >= 0.6 is 0 Å². The lowest BCUT2D eigenvalue weighted by Gasteiger charge is -2.37. The highest BCUT2D eigenvalue weighted by Gasteiger charge is 2.35. The molecule has 0 spiro atoms. The Morgan fingerprint density at radius 1 is 1.30 bits per heavy atom. The Balaban J connectivity index is 2.49. The first-order valence-electron chi connectivity index (χ1n) is 7.87. The molecule has 1 atom stereocenters. The summed E-state index contributed by atoms with van der Waals surface area (Å²) in [6.07, 6.45) is 4.86. The predicted molar refractivity (Wildman–Crippen MR) is 84.0 cm³/mol. The number of hydrogen-bond acceptors (Lipinski definition) is 4. The minimum absolute atomic E-state index is 0.170. The molecule has 0 aromatic rings. The number of methoxy groups -OCH3 is 1. The molecule has 1 unspecified atom stereocenters. The van der Waals surface area contributed by atoms with E-state index in [4.69, 9.17) is 4.74 Å². The first kappa shape index (κ1) is 17.9. The number of likely N-dealkylation sites (N-methyl/N-ethyl adjacent to an activating group) is 1. The first-order chi connectivity index (χ1) is 9.26. The molecule has 0 heterocycles. The fourth-order valence-electron chi connectivity index (χ4n) is 3.21. The number of aliphatic hydroxyl groups is 1. The van der Waals surface area contributed by atoms with Gasteiger partial charge in [-0.2, -0.15) is 0 Å². The average molecular weight is 286 g/mol. The van der Waals surface area contributed by atoms with Crippen LogP contribution in [0, 0.1) is 5.41 Å². The van der Waals surface area contributed by atoms with Gasteiger partial charge in [-0.25, -0.2) is 0 Å². The first-order valence-corrected chi connectivity index (χ1v) is 7.87. The van der Waals surface area contributed by atoms with Gasteiger partial charge in [0.25, 0.3) is 0 Å². The van der Waals surface area contributed by atoms with Crippen LogP contribution in [0.3, 0.4) is 0 Å². The molecule has 1 aliphatic carbocycles. The van der Waals surface area contributed by atoms with Gasteiger partial charge in [-0.15, -0.1) is 0 Å². The molecule has 1 saturated carbocycles. The zero-order valence-corrected chi connectivity index (χ0v) is 14.0. The van der Waals surface area contributed by atoms with Gasteiger partial charge in [0.2, 0.25) is 0 Å². The lowest BCUT2D eigenvalue weighted by molar-refractivity contribution is 0.0329. The van der Waals surface area contributed by atoms with Crippen LogP contribution in [0.4, 0.5) is 0 Å². The summed E-state index contributed by atoms with van der Waals surface area (Å²) in [7, 11) is 3.74. The summed E-state index contributed by atoms with van der Waals surface area (Å²) in [6, 6.07) is 0. The third-order valence-electron chi connectivity index (χ3n) is 4.14. The van der Waals surface area contributed by atoms with E-state index in [9.17, 15) is 5.11 Å². The molecule has 1 fully saturated rings. The summed E-state index contributed by atoms with van der Waals surface area (Å²) >= 11 is 0. The molecule has 20 heavy (non-hydrogen) atoms. The second-order valence-corrected chi connectivity index (χ2v) is 7.62. The highest BCUT2D eigenvalue weighted by Crippen LogP contribution is 2.38. The SMILES string of the molecule is COCC(O)CN(C)CC1(CNC(C)(C)C)CCCC1. The topological polar surface area (TPSA) is 44.7 Å². The van der Waals surface area contributed by atoms with Crippen LogP contribution in [0.15, 0.2) is 0 Å². The predicted octanol–water partition coefficient (Wildman–Crippen LogP) is 1.87. The van der Waals surface area contributed by atoms with E-state index in [-0.39, 0.29) is 11.6 Å². The van der Waals surface area contributed by atoms with Crippen molar-refractivity contribution >= 4 is 0 Å². The normalized spacial score (nSPS) is 20.6. The number of nitrogens with zero attached hydrogens (tertiary/aromatic N) is 1. The molecule has 0 aromatic carbocycles. The lowest BCUT2D eigenvalue weighted by atomic mass is 9.84. The van der Waals surface area contributed by atoms with Crippen LogP contribution < -0.4 is 5.32 Å². The minimum atomic E-state index is -0.390. The second-order valence-electron chi connectivity index (χ2n) is 7.62. The van der Waals surface area contributed by atoms with Crippen molar-refractivity contribution in [1.29, 1.82) is 0 Å². The number of nitrogens with one attached hydrogen (secondary N) is 1. The van der Waals surface area contributed by atoms with Crippen LogP contribution in [-0.2, 0) is 4.74 Å². The van der Waals surface area contributed by atoms with Crippen LogP contribution in [0.5, 0.6) is 0 Å². The van der Waals surface area contributed by atoms with Gasteiger partial charge in [0.15, 0.2) is 0 Å². The van der Waals surface area contributed by atoms with Crippen molar-refractivity contribution in [3.8, 4) is 0 Å². The Bertz CT molecular complexity index is 270. The van der Waals surface area contributed by atoms with Crippen LogP contribution in [0.2, 0.25) is 0 Å². The summed E-state index contributed by atoms with van der Waals surface area (Å²) in [5.74, 6) is 0. The van der Waals surface area contributed by atoms with Crippen LogP contribution in [0.25, 0.3) is 0 Å². The summed E-state index contributed by atoms with van der Waals surface area (Å²) in [5, 5.41) is 13.5. The van der Waals surface area contributed by atoms with Gasteiger partial charge in [0.05, 0.1) is 12.7 Å². The van der Waals surface area contributed by atoms with Crippen molar-refractivity contribution < 1.29 is 9.84 Å². The van der Waals surface area contributed by atoms with E-state index in [1.54, 1.807) is 7.11 Å². The highest BCUT2D eigenvalue weighted by atomic mass is 16.5. The summed E-state index contributed by atoms with van der Waals surface area (Å²) < 4.78 is 5.00. The molecule has 1 aliphatic rings. The van der Waals surface area contributed by atoms with Gasteiger partial charge in [0.1, 0.15) is 0 Å². The van der Waals surface area contributed by atoms with E-state index >= 15 is 0 Å². The molecule has 0 radical (unpaired) electrons. The van der Waals surface area contributed by atoms with E-state index in [1.165, 1.54) is 25.7 Å². The van der Waals surface area contributed by atoms with Crippen LogP contribution in [-0.4, -0.2) is 62.0 Å². The standard InChI is InChI=1S/C16H34N2O2/c1-15(2,3)17-12-16(8-6-7-9-16)13-18(4)10-14(19)11-20-5/h14,17,19H,6-13H2,1-5H3. The molecule has 0 amide bonds. The fourth-order valence-corrected chi connectivity index (χ4v) is 3.21. The van der Waals surface area contributed by atoms with E-state index in [2.05, 4.69) is 38.0 Å². The lowest BCUT2D eigenvalue weighted by Crippen LogP contribution is -2.48. The number of ether oxygens (including phenoxy) is 1. The second kappa shape index (κ2) is 7.74. The van der Waals surface area contributed by atoms with Crippen molar-refractivity contribution in [2.24, 2.45) is 5.41 Å². The maximum atomic E-state index is 9.85. The fraction of sp³-hybridized carbons (Fsp3) is 1.00. The molecule has 0 saturated heterocycles.